The second kappa shape index (κ2) is 7.96. The summed E-state index contributed by atoms with van der Waals surface area (Å²) >= 11 is 1.59. The van der Waals surface area contributed by atoms with Crippen molar-refractivity contribution in [1.29, 1.82) is 0 Å². The minimum Gasteiger partial charge on any atom is -0.435 e. The number of hydrogen-bond donors (Lipinski definition) is 0. The van der Waals surface area contributed by atoms with Crippen LogP contribution in [-0.4, -0.2) is 21.4 Å². The zero-order chi connectivity index (χ0) is 16.9. The van der Waals surface area contributed by atoms with Crippen molar-refractivity contribution in [2.75, 3.05) is 0 Å². The first-order chi connectivity index (χ1) is 11.6. The maximum atomic E-state index is 12.3. The first-order valence-corrected chi connectivity index (χ1v) is 9.20. The summed E-state index contributed by atoms with van der Waals surface area (Å²) in [6.07, 6.45) is 6.14. The molecule has 0 aliphatic heterocycles. The third-order valence-corrected chi connectivity index (χ3v) is 5.28. The van der Waals surface area contributed by atoms with Gasteiger partial charge in [-0.25, -0.2) is 0 Å². The molecule has 2 aromatic rings. The standard InChI is InChI=1S/C17H21F2N3OS/c1-12-20-21-17(22(12)14-7-3-2-4-8-14)24-11-13-6-5-9-15(10-13)23-16(18)19/h5-6,9-10,14,16H,2-4,7-8,11H2,1H3. The summed E-state index contributed by atoms with van der Waals surface area (Å²) in [7, 11) is 0. The molecule has 0 atom stereocenters. The molecule has 0 spiro atoms. The molecular formula is C17H21F2N3OS. The van der Waals surface area contributed by atoms with Crippen LogP contribution in [0.25, 0.3) is 0 Å². The van der Waals surface area contributed by atoms with Crippen molar-refractivity contribution in [1.82, 2.24) is 14.8 Å². The van der Waals surface area contributed by atoms with Crippen LogP contribution in [0.4, 0.5) is 8.78 Å². The minimum atomic E-state index is -2.80. The molecule has 0 unspecified atom stereocenters. The minimum absolute atomic E-state index is 0.188. The molecule has 1 aromatic carbocycles. The number of aromatic nitrogens is 3. The van der Waals surface area contributed by atoms with Gasteiger partial charge >= 0.3 is 6.61 Å². The summed E-state index contributed by atoms with van der Waals surface area (Å²) in [5, 5.41) is 9.43. The van der Waals surface area contributed by atoms with E-state index in [1.54, 1.807) is 23.9 Å². The first kappa shape index (κ1) is 17.2. The predicted molar refractivity (Wildman–Crippen MR) is 89.5 cm³/mol. The zero-order valence-electron chi connectivity index (χ0n) is 13.6. The van der Waals surface area contributed by atoms with Crippen LogP contribution in [0, 0.1) is 6.92 Å². The number of aryl methyl sites for hydroxylation is 1. The predicted octanol–water partition coefficient (Wildman–Crippen LogP) is 4.99. The van der Waals surface area contributed by atoms with Crippen molar-refractivity contribution in [3.8, 4) is 5.75 Å². The summed E-state index contributed by atoms with van der Waals surface area (Å²) in [6.45, 7) is -0.812. The highest BCUT2D eigenvalue weighted by Crippen LogP contribution is 2.33. The first-order valence-electron chi connectivity index (χ1n) is 8.21. The van der Waals surface area contributed by atoms with Crippen LogP contribution in [0.2, 0.25) is 0 Å². The monoisotopic (exact) mass is 353 g/mol. The largest absolute Gasteiger partial charge is 0.435 e. The summed E-state index contributed by atoms with van der Waals surface area (Å²) in [5.41, 5.74) is 0.925. The number of alkyl halides is 2. The quantitative estimate of drug-likeness (QED) is 0.686. The van der Waals surface area contributed by atoms with Gasteiger partial charge in [0.15, 0.2) is 5.16 Å². The zero-order valence-corrected chi connectivity index (χ0v) is 14.4. The van der Waals surface area contributed by atoms with E-state index in [0.29, 0.717) is 11.8 Å². The molecule has 1 aromatic heterocycles. The molecule has 0 bridgehead atoms. The second-order valence-corrected chi connectivity index (χ2v) is 6.95. The lowest BCUT2D eigenvalue weighted by molar-refractivity contribution is -0.0498. The highest BCUT2D eigenvalue weighted by Gasteiger charge is 2.21. The molecule has 130 valence electrons. The van der Waals surface area contributed by atoms with Gasteiger partial charge in [-0.05, 0) is 37.5 Å². The number of rotatable bonds is 6. The normalized spacial score (nSPS) is 15.8. The van der Waals surface area contributed by atoms with Gasteiger partial charge in [-0.1, -0.05) is 43.2 Å². The molecule has 3 rings (SSSR count). The molecular weight excluding hydrogens is 332 g/mol. The molecule has 0 amide bonds. The number of halogens is 2. The van der Waals surface area contributed by atoms with Gasteiger partial charge in [0.25, 0.3) is 0 Å². The Morgan fingerprint density at radius 2 is 2.04 bits per heavy atom. The van der Waals surface area contributed by atoms with Gasteiger partial charge in [-0.15, -0.1) is 10.2 Å². The fraction of sp³-hybridized carbons (Fsp3) is 0.529. The van der Waals surface area contributed by atoms with Crippen molar-refractivity contribution in [3.05, 3.63) is 35.7 Å². The van der Waals surface area contributed by atoms with Gasteiger partial charge in [-0.3, -0.25) is 0 Å². The number of thioether (sulfide) groups is 1. The average Bonchev–Trinajstić information content (AvgIpc) is 2.94. The van der Waals surface area contributed by atoms with E-state index in [4.69, 9.17) is 0 Å². The van der Waals surface area contributed by atoms with Gasteiger partial charge in [0.05, 0.1) is 0 Å². The number of nitrogens with zero attached hydrogens (tertiary/aromatic N) is 3. The Morgan fingerprint density at radius 1 is 1.25 bits per heavy atom. The lowest BCUT2D eigenvalue weighted by Crippen LogP contribution is -2.15. The van der Waals surface area contributed by atoms with E-state index >= 15 is 0 Å². The highest BCUT2D eigenvalue weighted by molar-refractivity contribution is 7.98. The number of hydrogen-bond acceptors (Lipinski definition) is 4. The molecule has 1 aliphatic rings. The fourth-order valence-electron chi connectivity index (χ4n) is 3.17. The van der Waals surface area contributed by atoms with E-state index < -0.39 is 6.61 Å². The third-order valence-electron chi connectivity index (χ3n) is 4.27. The molecule has 1 fully saturated rings. The topological polar surface area (TPSA) is 39.9 Å². The van der Waals surface area contributed by atoms with E-state index in [9.17, 15) is 8.78 Å². The lowest BCUT2D eigenvalue weighted by Gasteiger charge is -2.25. The Kier molecular flexibility index (Phi) is 5.71. The average molecular weight is 353 g/mol. The maximum Gasteiger partial charge on any atom is 0.387 e. The van der Waals surface area contributed by atoms with E-state index in [1.165, 1.54) is 38.2 Å². The van der Waals surface area contributed by atoms with Gasteiger partial charge in [0.2, 0.25) is 0 Å². The molecule has 0 saturated heterocycles. The maximum absolute atomic E-state index is 12.3. The Morgan fingerprint density at radius 3 is 2.79 bits per heavy atom. The van der Waals surface area contributed by atoms with Crippen molar-refractivity contribution >= 4 is 11.8 Å². The Labute approximate surface area is 144 Å². The smallest absolute Gasteiger partial charge is 0.387 e. The third kappa shape index (κ3) is 4.26. The van der Waals surface area contributed by atoms with Gasteiger partial charge in [0.1, 0.15) is 11.6 Å². The van der Waals surface area contributed by atoms with Crippen LogP contribution in [0.1, 0.15) is 49.5 Å². The molecule has 0 N–H and O–H groups in total. The number of benzene rings is 1. The SMILES string of the molecule is Cc1nnc(SCc2cccc(OC(F)F)c2)n1C1CCCCC1. The Balaban J connectivity index is 1.69. The van der Waals surface area contributed by atoms with Gasteiger partial charge in [-0.2, -0.15) is 8.78 Å². The molecule has 4 nitrogen and oxygen atoms in total. The summed E-state index contributed by atoms with van der Waals surface area (Å²) in [6, 6.07) is 7.29. The molecule has 7 heteroatoms. The van der Waals surface area contributed by atoms with Crippen LogP contribution in [0.3, 0.4) is 0 Å². The van der Waals surface area contributed by atoms with Gasteiger partial charge in [0, 0.05) is 11.8 Å². The lowest BCUT2D eigenvalue weighted by atomic mass is 9.95. The Hall–Kier alpha value is -1.63. The summed E-state index contributed by atoms with van der Waals surface area (Å²) < 4.78 is 31.3. The van der Waals surface area contributed by atoms with Crippen molar-refractivity contribution in [3.63, 3.8) is 0 Å². The fourth-order valence-corrected chi connectivity index (χ4v) is 4.16. The van der Waals surface area contributed by atoms with Crippen molar-refractivity contribution < 1.29 is 13.5 Å². The van der Waals surface area contributed by atoms with E-state index in [1.807, 2.05) is 13.0 Å². The molecule has 1 saturated carbocycles. The molecule has 0 radical (unpaired) electrons. The molecule has 1 aliphatic carbocycles. The highest BCUT2D eigenvalue weighted by atomic mass is 32.2. The van der Waals surface area contributed by atoms with Crippen molar-refractivity contribution in [2.45, 2.75) is 62.6 Å². The summed E-state index contributed by atoms with van der Waals surface area (Å²) in [5.74, 6) is 1.78. The van der Waals surface area contributed by atoms with Crippen molar-refractivity contribution in [2.24, 2.45) is 0 Å². The van der Waals surface area contributed by atoms with E-state index in [0.717, 1.165) is 16.5 Å². The van der Waals surface area contributed by atoms with Crippen LogP contribution >= 0.6 is 11.8 Å². The van der Waals surface area contributed by atoms with E-state index in [2.05, 4.69) is 19.5 Å². The van der Waals surface area contributed by atoms with Crippen LogP contribution < -0.4 is 4.74 Å². The number of ether oxygens (including phenoxy) is 1. The Bertz CT molecular complexity index is 672. The van der Waals surface area contributed by atoms with Crippen LogP contribution in [-0.2, 0) is 5.75 Å². The molecule has 24 heavy (non-hydrogen) atoms. The second-order valence-electron chi connectivity index (χ2n) is 6.01. The van der Waals surface area contributed by atoms with E-state index in [-0.39, 0.29) is 5.75 Å². The molecule has 1 heterocycles. The van der Waals surface area contributed by atoms with Crippen LogP contribution in [0.5, 0.6) is 5.75 Å². The van der Waals surface area contributed by atoms with Gasteiger partial charge < -0.3 is 9.30 Å². The summed E-state index contributed by atoms with van der Waals surface area (Å²) in [4.78, 5) is 0. The van der Waals surface area contributed by atoms with Crippen LogP contribution in [0.15, 0.2) is 29.4 Å².